The lowest BCUT2D eigenvalue weighted by Gasteiger charge is -2.43. The summed E-state index contributed by atoms with van der Waals surface area (Å²) >= 11 is 0. The van der Waals surface area contributed by atoms with Crippen LogP contribution in [0.2, 0.25) is 6.32 Å². The number of nitrogens with two attached hydrogens (primary N) is 1. The van der Waals surface area contributed by atoms with Crippen molar-refractivity contribution in [2.45, 2.75) is 24.4 Å². The van der Waals surface area contributed by atoms with Crippen LogP contribution >= 0.6 is 0 Å². The first-order valence-electron chi connectivity index (χ1n) is 8.53. The fourth-order valence-electron chi connectivity index (χ4n) is 2.91. The second kappa shape index (κ2) is 8.87. The van der Waals surface area contributed by atoms with Gasteiger partial charge in [-0.15, -0.1) is 0 Å². The molecule has 0 bridgehead atoms. The normalized spacial score (nSPS) is 15.4. The molecule has 0 radical (unpaired) electrons. The number of rotatable bonds is 10. The molecular weight excluding hydrogens is 359 g/mol. The maximum Gasteiger partial charge on any atom is 0.451 e. The molecule has 1 fully saturated rings. The van der Waals surface area contributed by atoms with E-state index >= 15 is 0 Å². The number of nitrogens with zero attached hydrogens (tertiary/aromatic N) is 1. The minimum atomic E-state index is -1.55. The fourth-order valence-corrected chi connectivity index (χ4v) is 2.91. The van der Waals surface area contributed by atoms with Crippen LogP contribution in [-0.4, -0.2) is 93.0 Å². The zero-order valence-corrected chi connectivity index (χ0v) is 14.8. The van der Waals surface area contributed by atoms with Crippen LogP contribution in [0.25, 0.3) is 0 Å². The molecule has 1 aliphatic rings. The van der Waals surface area contributed by atoms with Crippen LogP contribution in [0.5, 0.6) is 11.5 Å². The average molecular weight is 384 g/mol. The predicted molar refractivity (Wildman–Crippen MR) is 95.7 cm³/mol. The Morgan fingerprint density at radius 3 is 2.44 bits per heavy atom. The van der Waals surface area contributed by atoms with E-state index in [0.717, 1.165) is 0 Å². The molecule has 1 aromatic rings. The van der Waals surface area contributed by atoms with Gasteiger partial charge in [-0.05, 0) is 24.4 Å². The van der Waals surface area contributed by atoms with E-state index in [2.05, 4.69) is 0 Å². The van der Waals surface area contributed by atoms with E-state index in [-0.39, 0.29) is 55.5 Å². The highest BCUT2D eigenvalue weighted by Crippen LogP contribution is 2.34. The highest BCUT2D eigenvalue weighted by atomic mass is 16.5. The molecule has 2 rings (SSSR count). The van der Waals surface area contributed by atoms with Crippen LogP contribution in [0.15, 0.2) is 12.1 Å². The van der Waals surface area contributed by atoms with Crippen molar-refractivity contribution in [1.82, 2.24) is 4.90 Å². The number of hydrogen-bond donors (Lipinski definition) is 7. The number of aromatic hydroxyl groups is 1. The van der Waals surface area contributed by atoms with Crippen LogP contribution in [0.1, 0.15) is 15.9 Å². The van der Waals surface area contributed by atoms with E-state index in [9.17, 15) is 25.2 Å². The summed E-state index contributed by atoms with van der Waals surface area (Å²) in [7, 11) is -1.55. The lowest BCUT2D eigenvalue weighted by molar-refractivity contribution is -0.0121. The lowest BCUT2D eigenvalue weighted by Crippen LogP contribution is -2.63. The first-order valence-corrected chi connectivity index (χ1v) is 8.53. The molecule has 8 N–H and O–H groups in total. The summed E-state index contributed by atoms with van der Waals surface area (Å²) in [4.78, 5) is 13.4. The van der Waals surface area contributed by atoms with Crippen molar-refractivity contribution in [2.24, 2.45) is 5.73 Å². The molecule has 27 heavy (non-hydrogen) atoms. The molecule has 0 amide bonds. The smallest absolute Gasteiger partial charge is 0.451 e. The Morgan fingerprint density at radius 1 is 1.30 bits per heavy atom. The van der Waals surface area contributed by atoms with Crippen molar-refractivity contribution in [2.75, 3.05) is 32.8 Å². The second-order valence-corrected chi connectivity index (χ2v) is 6.88. The van der Waals surface area contributed by atoms with Gasteiger partial charge in [0.25, 0.3) is 0 Å². The number of carboxylic acids is 1. The van der Waals surface area contributed by atoms with E-state index in [1.54, 1.807) is 0 Å². The number of phenols is 1. The molecule has 1 aromatic carbocycles. The van der Waals surface area contributed by atoms with Gasteiger partial charge in [-0.25, -0.2) is 4.79 Å². The van der Waals surface area contributed by atoms with Gasteiger partial charge < -0.3 is 40.9 Å². The third kappa shape index (κ3) is 5.31. The van der Waals surface area contributed by atoms with E-state index in [4.69, 9.17) is 20.5 Å². The Morgan fingerprint density at radius 2 is 1.93 bits per heavy atom. The molecule has 150 valence electrons. The third-order valence-corrected chi connectivity index (χ3v) is 4.49. The van der Waals surface area contributed by atoms with E-state index in [1.165, 1.54) is 12.1 Å². The van der Waals surface area contributed by atoms with Crippen LogP contribution in [0.4, 0.5) is 0 Å². The molecule has 0 spiro atoms. The molecule has 0 atom stereocenters. The minimum Gasteiger partial charge on any atom is -0.507 e. The summed E-state index contributed by atoms with van der Waals surface area (Å²) in [5.41, 5.74) is 4.61. The standard InChI is InChI=1S/C16H25BN2O8/c18-16(8-20,9-21)7-19-5-11(6-19)27-12-2-1-10(3-4-17(25)26)14(22)13(12)15(23)24/h1-2,11,20-22,25-26H,3-9,18H2,(H,23,24). The first kappa shape index (κ1) is 21.4. The predicted octanol–water partition coefficient (Wildman–Crippen LogP) is -2.15. The second-order valence-electron chi connectivity index (χ2n) is 6.88. The van der Waals surface area contributed by atoms with Crippen molar-refractivity contribution in [3.8, 4) is 11.5 Å². The fraction of sp³-hybridized carbons (Fsp3) is 0.562. The maximum absolute atomic E-state index is 11.5. The summed E-state index contributed by atoms with van der Waals surface area (Å²) in [6, 6.07) is 2.91. The molecule has 1 heterocycles. The molecule has 1 saturated heterocycles. The largest absolute Gasteiger partial charge is 0.507 e. The molecule has 1 aliphatic heterocycles. The summed E-state index contributed by atoms with van der Waals surface area (Å²) < 4.78 is 5.67. The highest BCUT2D eigenvalue weighted by Gasteiger charge is 2.35. The Balaban J connectivity index is 2.03. The quantitative estimate of drug-likeness (QED) is 0.220. The number of aliphatic hydroxyl groups excluding tert-OH is 2. The first-order chi connectivity index (χ1) is 12.7. The number of aryl methyl sites for hydroxylation is 1. The number of aliphatic hydroxyl groups is 2. The summed E-state index contributed by atoms with van der Waals surface area (Å²) in [5.74, 6) is -1.80. The monoisotopic (exact) mass is 384 g/mol. The zero-order chi connectivity index (χ0) is 20.2. The van der Waals surface area contributed by atoms with E-state index in [1.807, 2.05) is 4.90 Å². The van der Waals surface area contributed by atoms with Crippen molar-refractivity contribution in [1.29, 1.82) is 0 Å². The van der Waals surface area contributed by atoms with Crippen molar-refractivity contribution < 1.29 is 40.0 Å². The summed E-state index contributed by atoms with van der Waals surface area (Å²) in [5, 5.41) is 55.9. The van der Waals surface area contributed by atoms with Crippen LogP contribution in [-0.2, 0) is 6.42 Å². The molecule has 0 aromatic heterocycles. The Bertz CT molecular complexity index is 662. The van der Waals surface area contributed by atoms with E-state index < -0.39 is 24.4 Å². The Kier molecular flexibility index (Phi) is 7.03. The Hall–Kier alpha value is -1.89. The third-order valence-electron chi connectivity index (χ3n) is 4.49. The maximum atomic E-state index is 11.5. The highest BCUT2D eigenvalue weighted by molar-refractivity contribution is 6.41. The molecule has 0 unspecified atom stereocenters. The SMILES string of the molecule is NC(CO)(CO)CN1CC(Oc2ccc(CCB(O)O)c(O)c2C(=O)O)C1. The van der Waals surface area contributed by atoms with Crippen LogP contribution in [0.3, 0.4) is 0 Å². The molecule has 0 aliphatic carbocycles. The number of benzene rings is 1. The number of hydrogen-bond acceptors (Lipinski definition) is 9. The summed E-state index contributed by atoms with van der Waals surface area (Å²) in [6.45, 7) is 0.382. The van der Waals surface area contributed by atoms with Gasteiger partial charge >= 0.3 is 13.1 Å². The molecule has 0 saturated carbocycles. The number of ether oxygens (including phenoxy) is 1. The average Bonchev–Trinajstić information content (AvgIpc) is 2.58. The van der Waals surface area contributed by atoms with Gasteiger partial charge in [-0.3, -0.25) is 4.90 Å². The Labute approximate surface area is 156 Å². The zero-order valence-electron chi connectivity index (χ0n) is 14.8. The minimum absolute atomic E-state index is 0.0151. The van der Waals surface area contributed by atoms with Gasteiger partial charge in [0, 0.05) is 19.6 Å². The van der Waals surface area contributed by atoms with Gasteiger partial charge in [0.2, 0.25) is 0 Å². The van der Waals surface area contributed by atoms with E-state index in [0.29, 0.717) is 13.1 Å². The van der Waals surface area contributed by atoms with Crippen molar-refractivity contribution in [3.05, 3.63) is 23.3 Å². The van der Waals surface area contributed by atoms with Gasteiger partial charge in [-0.2, -0.15) is 0 Å². The number of carboxylic acid groups (broad SMARTS) is 1. The van der Waals surface area contributed by atoms with Gasteiger partial charge in [0.1, 0.15) is 23.2 Å². The lowest BCUT2D eigenvalue weighted by atomic mass is 9.82. The molecular formula is C16H25BN2O8. The van der Waals surface area contributed by atoms with Gasteiger partial charge in [0.15, 0.2) is 0 Å². The van der Waals surface area contributed by atoms with Crippen molar-refractivity contribution in [3.63, 3.8) is 0 Å². The van der Waals surface area contributed by atoms with Crippen LogP contribution < -0.4 is 10.5 Å². The summed E-state index contributed by atoms with van der Waals surface area (Å²) in [6.07, 6.45) is -0.266. The molecule has 10 nitrogen and oxygen atoms in total. The van der Waals surface area contributed by atoms with Gasteiger partial charge in [-0.1, -0.05) is 6.07 Å². The molecule has 11 heteroatoms. The van der Waals surface area contributed by atoms with Crippen molar-refractivity contribution >= 4 is 13.1 Å². The number of likely N-dealkylation sites (tertiary alicyclic amines) is 1. The topological polar surface area (TPSA) is 177 Å². The number of carbonyl (C=O) groups is 1. The number of aromatic carboxylic acids is 1. The van der Waals surface area contributed by atoms with Crippen LogP contribution in [0, 0.1) is 0 Å². The van der Waals surface area contributed by atoms with Gasteiger partial charge in [0.05, 0.1) is 18.8 Å².